The zero-order chi connectivity index (χ0) is 20.0. The Labute approximate surface area is 166 Å². The SMILES string of the molecule is CC1(c2ccc3c(c2)OCO3)NC(=O)N(Cc2ncc(-c3ccccc3)o2)C1=O. The maximum atomic E-state index is 13.1. The summed E-state index contributed by atoms with van der Waals surface area (Å²) in [5.41, 5.74) is 0.265. The minimum absolute atomic E-state index is 0.0579. The number of fused-ring (bicyclic) bond motifs is 1. The van der Waals surface area contributed by atoms with Crippen molar-refractivity contribution in [3.8, 4) is 22.8 Å². The molecule has 146 valence electrons. The Morgan fingerprint density at radius 2 is 1.90 bits per heavy atom. The van der Waals surface area contributed by atoms with E-state index in [2.05, 4.69) is 10.3 Å². The Morgan fingerprint density at radius 3 is 2.72 bits per heavy atom. The van der Waals surface area contributed by atoms with Gasteiger partial charge in [-0.15, -0.1) is 0 Å². The summed E-state index contributed by atoms with van der Waals surface area (Å²) in [7, 11) is 0. The molecule has 0 spiro atoms. The molecule has 1 aromatic heterocycles. The third-order valence-corrected chi connectivity index (χ3v) is 5.13. The smallest absolute Gasteiger partial charge is 0.325 e. The molecule has 8 heteroatoms. The van der Waals surface area contributed by atoms with Gasteiger partial charge in [-0.3, -0.25) is 9.69 Å². The molecule has 0 bridgehead atoms. The molecule has 2 aromatic carbocycles. The zero-order valence-electron chi connectivity index (χ0n) is 15.5. The van der Waals surface area contributed by atoms with Crippen LogP contribution in [0.25, 0.3) is 11.3 Å². The molecule has 2 aliphatic rings. The Morgan fingerprint density at radius 1 is 1.10 bits per heavy atom. The number of oxazole rings is 1. The quantitative estimate of drug-likeness (QED) is 0.687. The van der Waals surface area contributed by atoms with Crippen LogP contribution >= 0.6 is 0 Å². The highest BCUT2D eigenvalue weighted by molar-refractivity contribution is 6.07. The number of amides is 3. The van der Waals surface area contributed by atoms with Crippen molar-refractivity contribution in [3.63, 3.8) is 0 Å². The summed E-state index contributed by atoms with van der Waals surface area (Å²) >= 11 is 0. The number of rotatable bonds is 4. The molecule has 0 radical (unpaired) electrons. The van der Waals surface area contributed by atoms with Crippen LogP contribution in [0.4, 0.5) is 4.79 Å². The van der Waals surface area contributed by atoms with E-state index < -0.39 is 11.6 Å². The topological polar surface area (TPSA) is 93.9 Å². The molecule has 3 amide bonds. The van der Waals surface area contributed by atoms with Crippen LogP contribution in [0.5, 0.6) is 11.5 Å². The van der Waals surface area contributed by atoms with E-state index in [4.69, 9.17) is 13.9 Å². The predicted octanol–water partition coefficient (Wildman–Crippen LogP) is 3.04. The number of imide groups is 1. The van der Waals surface area contributed by atoms with Crippen molar-refractivity contribution in [1.29, 1.82) is 0 Å². The summed E-state index contributed by atoms with van der Waals surface area (Å²) in [6.07, 6.45) is 1.58. The van der Waals surface area contributed by atoms with Crippen molar-refractivity contribution in [2.24, 2.45) is 0 Å². The van der Waals surface area contributed by atoms with E-state index in [-0.39, 0.29) is 25.1 Å². The predicted molar refractivity (Wildman–Crippen MR) is 101 cm³/mol. The van der Waals surface area contributed by atoms with Crippen molar-refractivity contribution in [2.75, 3.05) is 6.79 Å². The molecule has 3 aromatic rings. The number of carbonyl (C=O) groups is 2. The molecular formula is C21H17N3O5. The van der Waals surface area contributed by atoms with Crippen LogP contribution in [-0.2, 0) is 16.9 Å². The van der Waals surface area contributed by atoms with Crippen LogP contribution < -0.4 is 14.8 Å². The van der Waals surface area contributed by atoms with E-state index in [1.807, 2.05) is 30.3 Å². The number of carbonyl (C=O) groups excluding carboxylic acids is 2. The van der Waals surface area contributed by atoms with Gasteiger partial charge in [0.05, 0.1) is 6.20 Å². The van der Waals surface area contributed by atoms with Crippen molar-refractivity contribution < 1.29 is 23.5 Å². The highest BCUT2D eigenvalue weighted by atomic mass is 16.7. The minimum atomic E-state index is -1.22. The summed E-state index contributed by atoms with van der Waals surface area (Å²) in [5, 5.41) is 2.77. The molecule has 5 rings (SSSR count). The van der Waals surface area contributed by atoms with Crippen molar-refractivity contribution >= 4 is 11.9 Å². The van der Waals surface area contributed by atoms with Gasteiger partial charge in [0.1, 0.15) is 12.1 Å². The second-order valence-corrected chi connectivity index (χ2v) is 7.00. The maximum Gasteiger partial charge on any atom is 0.325 e. The van der Waals surface area contributed by atoms with Gasteiger partial charge in [-0.1, -0.05) is 36.4 Å². The van der Waals surface area contributed by atoms with E-state index in [0.717, 1.165) is 10.5 Å². The molecular weight excluding hydrogens is 374 g/mol. The number of aromatic nitrogens is 1. The van der Waals surface area contributed by atoms with Gasteiger partial charge in [-0.05, 0) is 24.6 Å². The Kier molecular flexibility index (Phi) is 3.80. The first-order valence-corrected chi connectivity index (χ1v) is 9.09. The second-order valence-electron chi connectivity index (χ2n) is 7.00. The first-order valence-electron chi connectivity index (χ1n) is 9.09. The first kappa shape index (κ1) is 17.3. The van der Waals surface area contributed by atoms with Gasteiger partial charge in [-0.2, -0.15) is 0 Å². The largest absolute Gasteiger partial charge is 0.454 e. The van der Waals surface area contributed by atoms with Crippen LogP contribution in [0.3, 0.4) is 0 Å². The lowest BCUT2D eigenvalue weighted by Gasteiger charge is -2.22. The molecule has 0 saturated carbocycles. The molecule has 1 atom stereocenters. The van der Waals surface area contributed by atoms with E-state index in [1.165, 1.54) is 0 Å². The maximum absolute atomic E-state index is 13.1. The lowest BCUT2D eigenvalue weighted by molar-refractivity contribution is -0.131. The molecule has 8 nitrogen and oxygen atoms in total. The summed E-state index contributed by atoms with van der Waals surface area (Å²) < 4.78 is 16.4. The number of ether oxygens (including phenoxy) is 2. The van der Waals surface area contributed by atoms with E-state index in [1.54, 1.807) is 31.3 Å². The minimum Gasteiger partial charge on any atom is -0.454 e. The van der Waals surface area contributed by atoms with Crippen LogP contribution in [0.1, 0.15) is 18.4 Å². The van der Waals surface area contributed by atoms with Gasteiger partial charge < -0.3 is 19.2 Å². The highest BCUT2D eigenvalue weighted by Gasteiger charge is 2.49. The third kappa shape index (κ3) is 2.80. The monoisotopic (exact) mass is 391 g/mol. The molecule has 1 fully saturated rings. The highest BCUT2D eigenvalue weighted by Crippen LogP contribution is 2.38. The van der Waals surface area contributed by atoms with Crippen molar-refractivity contribution in [1.82, 2.24) is 15.2 Å². The fourth-order valence-corrected chi connectivity index (χ4v) is 3.50. The van der Waals surface area contributed by atoms with E-state index >= 15 is 0 Å². The number of urea groups is 1. The fraction of sp³-hybridized carbons (Fsp3) is 0.190. The van der Waals surface area contributed by atoms with Gasteiger partial charge in [-0.25, -0.2) is 9.78 Å². The Hall–Kier alpha value is -3.81. The van der Waals surface area contributed by atoms with Crippen LogP contribution in [0, 0.1) is 0 Å². The molecule has 1 N–H and O–H groups in total. The fourth-order valence-electron chi connectivity index (χ4n) is 3.50. The van der Waals surface area contributed by atoms with Crippen molar-refractivity contribution in [3.05, 3.63) is 66.2 Å². The average Bonchev–Trinajstić information content (AvgIpc) is 3.44. The summed E-state index contributed by atoms with van der Waals surface area (Å²) in [5.74, 6) is 1.62. The molecule has 1 saturated heterocycles. The lowest BCUT2D eigenvalue weighted by Crippen LogP contribution is -2.40. The zero-order valence-corrected chi connectivity index (χ0v) is 15.5. The molecule has 1 unspecified atom stereocenters. The molecule has 3 heterocycles. The average molecular weight is 391 g/mol. The Bertz CT molecular complexity index is 1110. The lowest BCUT2D eigenvalue weighted by atomic mass is 9.91. The number of hydrogen-bond acceptors (Lipinski definition) is 6. The van der Waals surface area contributed by atoms with Gasteiger partial charge >= 0.3 is 6.03 Å². The van der Waals surface area contributed by atoms with Crippen LogP contribution in [-0.4, -0.2) is 28.6 Å². The Balaban J connectivity index is 1.39. The number of hydrogen-bond donors (Lipinski definition) is 1. The van der Waals surface area contributed by atoms with Crippen molar-refractivity contribution in [2.45, 2.75) is 19.0 Å². The molecule has 2 aliphatic heterocycles. The van der Waals surface area contributed by atoms with E-state index in [0.29, 0.717) is 22.8 Å². The number of nitrogens with one attached hydrogen (secondary N) is 1. The number of nitrogens with zero attached hydrogens (tertiary/aromatic N) is 2. The first-order chi connectivity index (χ1) is 14.0. The summed E-state index contributed by atoms with van der Waals surface area (Å²) in [6, 6.07) is 14.2. The summed E-state index contributed by atoms with van der Waals surface area (Å²) in [4.78, 5) is 31.0. The molecule has 0 aliphatic carbocycles. The summed E-state index contributed by atoms with van der Waals surface area (Å²) in [6.45, 7) is 1.74. The van der Waals surface area contributed by atoms with Gasteiger partial charge in [0, 0.05) is 5.56 Å². The van der Waals surface area contributed by atoms with Gasteiger partial charge in [0.15, 0.2) is 17.3 Å². The van der Waals surface area contributed by atoms with Gasteiger partial charge in [0.2, 0.25) is 12.7 Å². The standard InChI is InChI=1S/C21H17N3O5/c1-21(14-7-8-15-16(9-14)28-12-27-15)19(25)24(20(26)23-21)11-18-22-10-17(29-18)13-5-3-2-4-6-13/h2-10H,11-12H2,1H3,(H,23,26). The van der Waals surface area contributed by atoms with Crippen LogP contribution in [0.15, 0.2) is 59.1 Å². The third-order valence-electron chi connectivity index (χ3n) is 5.13. The van der Waals surface area contributed by atoms with E-state index in [9.17, 15) is 9.59 Å². The number of benzene rings is 2. The molecule has 29 heavy (non-hydrogen) atoms. The normalized spacial score (nSPS) is 20.2. The van der Waals surface area contributed by atoms with Gasteiger partial charge in [0.25, 0.3) is 5.91 Å². The van der Waals surface area contributed by atoms with Crippen LogP contribution in [0.2, 0.25) is 0 Å². The second kappa shape index (κ2) is 6.37.